The molecule has 0 aliphatic rings. The highest BCUT2D eigenvalue weighted by Gasteiger charge is 2.23. The molecule has 1 N–H and O–H groups in total. The first-order chi connectivity index (χ1) is 9.22. The lowest BCUT2D eigenvalue weighted by atomic mass is 10.1. The highest BCUT2D eigenvalue weighted by Crippen LogP contribution is 2.31. The van der Waals surface area contributed by atoms with Crippen LogP contribution in [0.5, 0.6) is 5.75 Å². The lowest BCUT2D eigenvalue weighted by molar-refractivity contribution is 0.205. The van der Waals surface area contributed by atoms with Gasteiger partial charge in [0.2, 0.25) is 0 Å². The molecule has 3 aromatic rings. The van der Waals surface area contributed by atoms with E-state index in [-0.39, 0.29) is 0 Å². The van der Waals surface area contributed by atoms with Gasteiger partial charge < -0.3 is 9.84 Å². The number of aromatic nitrogens is 5. The van der Waals surface area contributed by atoms with Gasteiger partial charge in [-0.2, -0.15) is 10.2 Å². The third kappa shape index (κ3) is 1.75. The Hall–Kier alpha value is -2.41. The van der Waals surface area contributed by atoms with Gasteiger partial charge in [0, 0.05) is 25.0 Å². The molecule has 1 unspecified atom stereocenters. The van der Waals surface area contributed by atoms with Crippen molar-refractivity contribution < 1.29 is 9.84 Å². The van der Waals surface area contributed by atoms with E-state index in [9.17, 15) is 5.11 Å². The fourth-order valence-electron chi connectivity index (χ4n) is 2.11. The maximum absolute atomic E-state index is 10.5. The second-order valence-electron chi connectivity index (χ2n) is 4.13. The minimum atomic E-state index is -0.871. The molecular formula is C12H13N5O2. The second-order valence-corrected chi connectivity index (χ2v) is 4.13. The Morgan fingerprint density at radius 3 is 2.89 bits per heavy atom. The van der Waals surface area contributed by atoms with Crippen LogP contribution in [0.1, 0.15) is 17.4 Å². The predicted octanol–water partition coefficient (Wildman–Crippen LogP) is 0.553. The molecule has 0 amide bonds. The van der Waals surface area contributed by atoms with Gasteiger partial charge in [0.1, 0.15) is 11.8 Å². The van der Waals surface area contributed by atoms with Crippen LogP contribution in [0.3, 0.4) is 0 Å². The van der Waals surface area contributed by atoms with E-state index < -0.39 is 6.10 Å². The highest BCUT2D eigenvalue weighted by molar-refractivity contribution is 5.55. The number of aryl methyl sites for hydroxylation is 1. The molecule has 7 nitrogen and oxygen atoms in total. The number of hydrogen-bond donors (Lipinski definition) is 1. The van der Waals surface area contributed by atoms with Crippen LogP contribution in [0.2, 0.25) is 0 Å². The van der Waals surface area contributed by atoms with Crippen molar-refractivity contribution in [2.75, 3.05) is 7.11 Å². The van der Waals surface area contributed by atoms with Gasteiger partial charge in [0.25, 0.3) is 0 Å². The van der Waals surface area contributed by atoms with E-state index in [1.54, 1.807) is 54.3 Å². The van der Waals surface area contributed by atoms with Gasteiger partial charge in [-0.05, 0) is 0 Å². The molecule has 1 atom stereocenters. The van der Waals surface area contributed by atoms with Crippen LogP contribution in [0.4, 0.5) is 0 Å². The first-order valence-electron chi connectivity index (χ1n) is 5.73. The Morgan fingerprint density at radius 1 is 1.26 bits per heavy atom. The Labute approximate surface area is 109 Å². The van der Waals surface area contributed by atoms with E-state index >= 15 is 0 Å². The average molecular weight is 259 g/mol. The molecule has 0 aromatic carbocycles. The summed E-state index contributed by atoms with van der Waals surface area (Å²) in [5, 5.41) is 18.8. The topological polar surface area (TPSA) is 77.5 Å². The SMILES string of the molecule is COc1cnn(C)c1C(O)c1cnn2ccncc12. The van der Waals surface area contributed by atoms with Crippen LogP contribution in [-0.2, 0) is 7.05 Å². The van der Waals surface area contributed by atoms with Crippen molar-refractivity contribution in [2.24, 2.45) is 7.05 Å². The molecule has 7 heteroatoms. The molecule has 98 valence electrons. The van der Waals surface area contributed by atoms with Gasteiger partial charge in [0.15, 0.2) is 5.75 Å². The van der Waals surface area contributed by atoms with Crippen LogP contribution in [0.15, 0.2) is 31.0 Å². The number of rotatable bonds is 3. The van der Waals surface area contributed by atoms with Crippen molar-refractivity contribution in [3.8, 4) is 5.75 Å². The van der Waals surface area contributed by atoms with E-state index in [0.29, 0.717) is 17.0 Å². The molecule has 0 saturated carbocycles. The molecule has 0 fully saturated rings. The zero-order valence-electron chi connectivity index (χ0n) is 10.6. The summed E-state index contributed by atoms with van der Waals surface area (Å²) in [6, 6.07) is 0. The Morgan fingerprint density at radius 2 is 2.11 bits per heavy atom. The van der Waals surface area contributed by atoms with Crippen molar-refractivity contribution >= 4 is 5.52 Å². The van der Waals surface area contributed by atoms with E-state index in [1.807, 2.05) is 0 Å². The molecule has 0 aliphatic carbocycles. The second kappa shape index (κ2) is 4.36. The number of aliphatic hydroxyl groups excluding tert-OH is 1. The molecule has 19 heavy (non-hydrogen) atoms. The molecule has 0 radical (unpaired) electrons. The van der Waals surface area contributed by atoms with Crippen LogP contribution in [-0.4, -0.2) is 36.6 Å². The van der Waals surface area contributed by atoms with Crippen LogP contribution >= 0.6 is 0 Å². The maximum Gasteiger partial charge on any atom is 0.162 e. The zero-order chi connectivity index (χ0) is 13.4. The molecule has 3 aromatic heterocycles. The fourth-order valence-corrected chi connectivity index (χ4v) is 2.11. The summed E-state index contributed by atoms with van der Waals surface area (Å²) in [5.41, 5.74) is 1.99. The average Bonchev–Trinajstić information content (AvgIpc) is 3.01. The number of fused-ring (bicyclic) bond motifs is 1. The van der Waals surface area contributed by atoms with E-state index in [0.717, 1.165) is 5.52 Å². The van der Waals surface area contributed by atoms with E-state index in [1.165, 1.54) is 0 Å². The lowest BCUT2D eigenvalue weighted by Gasteiger charge is -2.11. The van der Waals surface area contributed by atoms with Crippen molar-refractivity contribution in [1.29, 1.82) is 0 Å². The van der Waals surface area contributed by atoms with Gasteiger partial charge in [-0.1, -0.05) is 0 Å². The number of nitrogens with zero attached hydrogens (tertiary/aromatic N) is 5. The van der Waals surface area contributed by atoms with Crippen molar-refractivity contribution in [2.45, 2.75) is 6.10 Å². The summed E-state index contributed by atoms with van der Waals surface area (Å²) in [6.07, 6.45) is 7.35. The van der Waals surface area contributed by atoms with Crippen LogP contribution < -0.4 is 4.74 Å². The molecular weight excluding hydrogens is 246 g/mol. The van der Waals surface area contributed by atoms with Crippen molar-refractivity contribution in [3.05, 3.63) is 42.2 Å². The normalized spacial score (nSPS) is 12.8. The van der Waals surface area contributed by atoms with E-state index in [2.05, 4.69) is 15.2 Å². The van der Waals surface area contributed by atoms with Gasteiger partial charge >= 0.3 is 0 Å². The minimum absolute atomic E-state index is 0.540. The van der Waals surface area contributed by atoms with Gasteiger partial charge in [-0.25, -0.2) is 4.52 Å². The quantitative estimate of drug-likeness (QED) is 0.743. The fraction of sp³-hybridized carbons (Fsp3) is 0.250. The standard InChI is InChI=1S/C12H13N5O2/c1-16-11(10(19-2)7-14-16)12(18)8-5-15-17-4-3-13-6-9(8)17/h3-7,12,18H,1-2H3. The summed E-state index contributed by atoms with van der Waals surface area (Å²) < 4.78 is 8.46. The van der Waals surface area contributed by atoms with E-state index in [4.69, 9.17) is 4.74 Å². The van der Waals surface area contributed by atoms with Gasteiger partial charge in [-0.15, -0.1) is 0 Å². The Bertz CT molecular complexity index is 718. The summed E-state index contributed by atoms with van der Waals surface area (Å²) in [5.74, 6) is 0.540. The number of methoxy groups -OCH3 is 1. The van der Waals surface area contributed by atoms with Crippen LogP contribution in [0.25, 0.3) is 5.52 Å². The van der Waals surface area contributed by atoms with Crippen molar-refractivity contribution in [3.63, 3.8) is 0 Å². The Kier molecular flexibility index (Phi) is 2.68. The third-order valence-corrected chi connectivity index (χ3v) is 3.08. The number of ether oxygens (including phenoxy) is 1. The highest BCUT2D eigenvalue weighted by atomic mass is 16.5. The predicted molar refractivity (Wildman–Crippen MR) is 66.8 cm³/mol. The molecule has 3 rings (SSSR count). The largest absolute Gasteiger partial charge is 0.493 e. The maximum atomic E-state index is 10.5. The molecule has 0 aliphatic heterocycles. The summed E-state index contributed by atoms with van der Waals surface area (Å²) in [4.78, 5) is 4.05. The molecule has 3 heterocycles. The lowest BCUT2D eigenvalue weighted by Crippen LogP contribution is -2.08. The summed E-state index contributed by atoms with van der Waals surface area (Å²) >= 11 is 0. The van der Waals surface area contributed by atoms with Crippen molar-refractivity contribution in [1.82, 2.24) is 24.4 Å². The molecule has 0 bridgehead atoms. The number of aliphatic hydroxyl groups is 1. The zero-order valence-corrected chi connectivity index (χ0v) is 10.6. The summed E-state index contributed by atoms with van der Waals surface area (Å²) in [6.45, 7) is 0. The van der Waals surface area contributed by atoms with Gasteiger partial charge in [0.05, 0.1) is 31.2 Å². The third-order valence-electron chi connectivity index (χ3n) is 3.08. The Balaban J connectivity index is 2.13. The summed E-state index contributed by atoms with van der Waals surface area (Å²) in [7, 11) is 3.30. The first kappa shape index (κ1) is 11.7. The smallest absolute Gasteiger partial charge is 0.162 e. The number of hydrogen-bond acceptors (Lipinski definition) is 5. The van der Waals surface area contributed by atoms with Crippen LogP contribution in [0, 0.1) is 0 Å². The first-order valence-corrected chi connectivity index (χ1v) is 5.73. The minimum Gasteiger partial charge on any atom is -0.493 e. The molecule has 0 spiro atoms. The molecule has 0 saturated heterocycles. The monoisotopic (exact) mass is 259 g/mol. The van der Waals surface area contributed by atoms with Gasteiger partial charge in [-0.3, -0.25) is 9.67 Å².